The summed E-state index contributed by atoms with van der Waals surface area (Å²) < 4.78 is 8.04. The van der Waals surface area contributed by atoms with Crippen LogP contribution in [0.25, 0.3) is 22.4 Å². The highest BCUT2D eigenvalue weighted by Crippen LogP contribution is 2.26. The summed E-state index contributed by atoms with van der Waals surface area (Å²) in [6, 6.07) is 29.5. The molecule has 0 radical (unpaired) electrons. The number of ether oxygens (including phenoxy) is 1. The smallest absolute Gasteiger partial charge is 0.255 e. The van der Waals surface area contributed by atoms with Gasteiger partial charge in [-0.3, -0.25) is 9.59 Å². The largest absolute Gasteiger partial charge is 0.497 e. The number of imidazole rings is 1. The SMILES string of the molecule is COc1cccc(NC(=O)c2ccc(-c3nc4ccccc4n3CC(=O)Nc3ccc(Br)cc3)cc2)c1. The molecule has 0 aliphatic heterocycles. The number of nitrogens with zero attached hydrogens (tertiary/aromatic N) is 2. The molecule has 1 heterocycles. The second kappa shape index (κ2) is 10.7. The van der Waals surface area contributed by atoms with Crippen molar-refractivity contribution in [1.82, 2.24) is 9.55 Å². The zero-order valence-electron chi connectivity index (χ0n) is 19.9. The molecule has 0 fully saturated rings. The maximum atomic E-state index is 12.9. The van der Waals surface area contributed by atoms with Gasteiger partial charge in [0.2, 0.25) is 5.91 Å². The van der Waals surface area contributed by atoms with Crippen molar-refractivity contribution in [2.75, 3.05) is 17.7 Å². The summed E-state index contributed by atoms with van der Waals surface area (Å²) in [5.41, 5.74) is 4.29. The summed E-state index contributed by atoms with van der Waals surface area (Å²) in [5, 5.41) is 5.82. The Hall–Kier alpha value is -4.43. The van der Waals surface area contributed by atoms with Crippen molar-refractivity contribution < 1.29 is 14.3 Å². The predicted octanol–water partition coefficient (Wildman–Crippen LogP) is 6.37. The normalized spacial score (nSPS) is 10.8. The lowest BCUT2D eigenvalue weighted by Crippen LogP contribution is -2.19. The molecule has 0 saturated heterocycles. The van der Waals surface area contributed by atoms with Crippen molar-refractivity contribution in [3.8, 4) is 17.1 Å². The Kier molecular flexibility index (Phi) is 7.00. The first-order valence-corrected chi connectivity index (χ1v) is 12.4. The van der Waals surface area contributed by atoms with Crippen LogP contribution >= 0.6 is 15.9 Å². The molecule has 1 aromatic heterocycles. The van der Waals surface area contributed by atoms with Gasteiger partial charge < -0.3 is 19.9 Å². The molecule has 8 heteroatoms. The van der Waals surface area contributed by atoms with Crippen molar-refractivity contribution in [3.63, 3.8) is 0 Å². The highest BCUT2D eigenvalue weighted by Gasteiger charge is 2.16. The van der Waals surface area contributed by atoms with Gasteiger partial charge in [-0.1, -0.05) is 46.3 Å². The Morgan fingerprint density at radius 2 is 1.62 bits per heavy atom. The monoisotopic (exact) mass is 554 g/mol. The molecule has 5 aromatic rings. The van der Waals surface area contributed by atoms with E-state index in [0.29, 0.717) is 28.5 Å². The van der Waals surface area contributed by atoms with Gasteiger partial charge in [0.05, 0.1) is 18.1 Å². The molecule has 4 aromatic carbocycles. The number of carbonyl (C=O) groups is 2. The number of nitrogens with one attached hydrogen (secondary N) is 2. The highest BCUT2D eigenvalue weighted by molar-refractivity contribution is 9.10. The lowest BCUT2D eigenvalue weighted by atomic mass is 10.1. The standard InChI is InChI=1S/C29H23BrN4O3/c1-37-24-6-4-5-23(17-24)32-29(36)20-11-9-19(10-12-20)28-33-25-7-2-3-8-26(25)34(28)18-27(35)31-22-15-13-21(30)14-16-22/h2-17H,18H2,1H3,(H,31,35)(H,32,36). The zero-order valence-corrected chi connectivity index (χ0v) is 21.5. The average molecular weight is 555 g/mol. The fourth-order valence-electron chi connectivity index (χ4n) is 4.01. The quantitative estimate of drug-likeness (QED) is 0.245. The van der Waals surface area contributed by atoms with Crippen LogP contribution in [0.15, 0.2) is 102 Å². The number of para-hydroxylation sites is 2. The summed E-state index contributed by atoms with van der Waals surface area (Å²) in [6.45, 7) is 0.0873. The predicted molar refractivity (Wildman–Crippen MR) is 149 cm³/mol. The van der Waals surface area contributed by atoms with Gasteiger partial charge in [0.1, 0.15) is 18.1 Å². The van der Waals surface area contributed by atoms with E-state index in [1.54, 1.807) is 31.4 Å². The van der Waals surface area contributed by atoms with Crippen LogP contribution in [-0.4, -0.2) is 28.5 Å². The van der Waals surface area contributed by atoms with Crippen molar-refractivity contribution in [1.29, 1.82) is 0 Å². The summed E-state index contributed by atoms with van der Waals surface area (Å²) >= 11 is 3.40. The molecular formula is C29H23BrN4O3. The van der Waals surface area contributed by atoms with E-state index in [1.165, 1.54) is 0 Å². The fraction of sp³-hybridized carbons (Fsp3) is 0.0690. The molecule has 37 heavy (non-hydrogen) atoms. The Labute approximate surface area is 222 Å². The molecule has 0 aliphatic carbocycles. The first-order chi connectivity index (χ1) is 18.0. The van der Waals surface area contributed by atoms with Crippen LogP contribution in [-0.2, 0) is 11.3 Å². The minimum atomic E-state index is -0.234. The maximum Gasteiger partial charge on any atom is 0.255 e. The van der Waals surface area contributed by atoms with Crippen LogP contribution in [0.4, 0.5) is 11.4 Å². The summed E-state index contributed by atoms with van der Waals surface area (Å²) in [4.78, 5) is 30.5. The van der Waals surface area contributed by atoms with Crippen molar-refractivity contribution in [2.24, 2.45) is 0 Å². The van der Waals surface area contributed by atoms with E-state index in [1.807, 2.05) is 77.4 Å². The topological polar surface area (TPSA) is 85.2 Å². The maximum absolute atomic E-state index is 12.9. The number of halogens is 1. The molecule has 0 atom stereocenters. The minimum absolute atomic E-state index is 0.0873. The van der Waals surface area contributed by atoms with Crippen LogP contribution in [0.3, 0.4) is 0 Å². The van der Waals surface area contributed by atoms with E-state index in [2.05, 4.69) is 26.6 Å². The van der Waals surface area contributed by atoms with E-state index >= 15 is 0 Å². The van der Waals surface area contributed by atoms with Crippen LogP contribution in [0.1, 0.15) is 10.4 Å². The molecule has 5 rings (SSSR count). The molecule has 2 amide bonds. The van der Waals surface area contributed by atoms with Gasteiger partial charge in [0.25, 0.3) is 5.91 Å². The molecule has 0 saturated carbocycles. The number of carbonyl (C=O) groups excluding carboxylic acids is 2. The number of aromatic nitrogens is 2. The minimum Gasteiger partial charge on any atom is -0.497 e. The van der Waals surface area contributed by atoms with E-state index < -0.39 is 0 Å². The van der Waals surface area contributed by atoms with Crippen LogP contribution in [0.2, 0.25) is 0 Å². The molecule has 184 valence electrons. The number of methoxy groups -OCH3 is 1. The Bertz CT molecular complexity index is 1580. The van der Waals surface area contributed by atoms with Gasteiger partial charge in [-0.15, -0.1) is 0 Å². The second-order valence-corrected chi connectivity index (χ2v) is 9.24. The van der Waals surface area contributed by atoms with Gasteiger partial charge in [-0.2, -0.15) is 0 Å². The van der Waals surface area contributed by atoms with Crippen LogP contribution < -0.4 is 15.4 Å². The van der Waals surface area contributed by atoms with E-state index in [9.17, 15) is 9.59 Å². The summed E-state index contributed by atoms with van der Waals surface area (Å²) in [6.07, 6.45) is 0. The molecule has 7 nitrogen and oxygen atoms in total. The first-order valence-electron chi connectivity index (χ1n) is 11.6. The molecule has 0 bridgehead atoms. The number of amides is 2. The molecule has 0 aliphatic rings. The molecule has 0 unspecified atom stereocenters. The van der Waals surface area contributed by atoms with E-state index in [0.717, 1.165) is 21.1 Å². The second-order valence-electron chi connectivity index (χ2n) is 8.33. The number of rotatable bonds is 7. The van der Waals surface area contributed by atoms with E-state index in [-0.39, 0.29) is 18.4 Å². The highest BCUT2D eigenvalue weighted by atomic mass is 79.9. The summed E-state index contributed by atoms with van der Waals surface area (Å²) in [7, 11) is 1.58. The van der Waals surface area contributed by atoms with Crippen molar-refractivity contribution in [2.45, 2.75) is 6.54 Å². The van der Waals surface area contributed by atoms with Crippen molar-refractivity contribution >= 4 is 50.2 Å². The number of benzene rings is 4. The lowest BCUT2D eigenvalue weighted by molar-refractivity contribution is -0.116. The fourth-order valence-corrected chi connectivity index (χ4v) is 4.27. The Morgan fingerprint density at radius 1 is 0.865 bits per heavy atom. The van der Waals surface area contributed by atoms with Gasteiger partial charge in [0, 0.05) is 33.0 Å². The zero-order chi connectivity index (χ0) is 25.8. The first kappa shape index (κ1) is 24.3. The van der Waals surface area contributed by atoms with Gasteiger partial charge in [-0.25, -0.2) is 4.98 Å². The van der Waals surface area contributed by atoms with Crippen LogP contribution in [0.5, 0.6) is 5.75 Å². The Morgan fingerprint density at radius 3 is 2.38 bits per heavy atom. The molecule has 2 N–H and O–H groups in total. The number of fused-ring (bicyclic) bond motifs is 1. The third-order valence-corrected chi connectivity index (χ3v) is 6.35. The lowest BCUT2D eigenvalue weighted by Gasteiger charge is -2.11. The average Bonchev–Trinajstić information content (AvgIpc) is 3.28. The van der Waals surface area contributed by atoms with Crippen molar-refractivity contribution in [3.05, 3.63) is 107 Å². The number of hydrogen-bond acceptors (Lipinski definition) is 4. The van der Waals surface area contributed by atoms with Gasteiger partial charge in [-0.05, 0) is 60.7 Å². The molecular weight excluding hydrogens is 532 g/mol. The third kappa shape index (κ3) is 5.54. The summed E-state index contributed by atoms with van der Waals surface area (Å²) in [5.74, 6) is 0.909. The van der Waals surface area contributed by atoms with E-state index in [4.69, 9.17) is 9.72 Å². The number of hydrogen-bond donors (Lipinski definition) is 2. The van der Waals surface area contributed by atoms with Crippen LogP contribution in [0, 0.1) is 0 Å². The molecule has 0 spiro atoms. The Balaban J connectivity index is 1.39. The third-order valence-electron chi connectivity index (χ3n) is 5.82. The number of anilines is 2. The van der Waals surface area contributed by atoms with Gasteiger partial charge >= 0.3 is 0 Å². The van der Waals surface area contributed by atoms with Gasteiger partial charge in [0.15, 0.2) is 0 Å².